The Morgan fingerprint density at radius 1 is 1.41 bits per heavy atom. The van der Waals surface area contributed by atoms with Crippen molar-refractivity contribution in [2.75, 3.05) is 24.7 Å². The van der Waals surface area contributed by atoms with E-state index in [1.54, 1.807) is 0 Å². The molecular weight excluding hydrogens is 298 g/mol. The lowest BCUT2D eigenvalue weighted by molar-refractivity contribution is 0.316. The summed E-state index contributed by atoms with van der Waals surface area (Å²) >= 11 is 5.48. The molecule has 2 N–H and O–H groups in total. The second kappa shape index (κ2) is 8.84. The molecule has 0 atom stereocenters. The zero-order valence-electron chi connectivity index (χ0n) is 10.2. The van der Waals surface area contributed by atoms with Gasteiger partial charge in [0, 0.05) is 0 Å². The summed E-state index contributed by atoms with van der Waals surface area (Å²) in [5.74, 6) is 3.27. The maximum atomic E-state index is 5.73. The van der Waals surface area contributed by atoms with Crippen LogP contribution in [0.3, 0.4) is 0 Å². The number of ether oxygens (including phenoxy) is 1. The summed E-state index contributed by atoms with van der Waals surface area (Å²) in [6.07, 6.45) is 2.00. The van der Waals surface area contributed by atoms with E-state index >= 15 is 0 Å². The molecule has 0 aliphatic heterocycles. The third kappa shape index (κ3) is 5.80. The summed E-state index contributed by atoms with van der Waals surface area (Å²) in [6, 6.07) is 6.18. The van der Waals surface area contributed by atoms with Gasteiger partial charge in [-0.2, -0.15) is 11.8 Å². The molecule has 0 fully saturated rings. The summed E-state index contributed by atoms with van der Waals surface area (Å²) in [4.78, 5) is 0. The van der Waals surface area contributed by atoms with E-state index in [0.29, 0.717) is 6.54 Å². The minimum absolute atomic E-state index is 0.681. The topological polar surface area (TPSA) is 35.2 Å². The van der Waals surface area contributed by atoms with Gasteiger partial charge in [0.25, 0.3) is 0 Å². The van der Waals surface area contributed by atoms with E-state index < -0.39 is 0 Å². The molecule has 2 nitrogen and oxygen atoms in total. The Kier molecular flexibility index (Phi) is 7.73. The molecule has 96 valence electrons. The molecule has 0 saturated carbocycles. The minimum atomic E-state index is 0.681. The zero-order valence-corrected chi connectivity index (χ0v) is 12.6. The second-order valence-corrected chi connectivity index (χ2v) is 5.95. The molecule has 4 heteroatoms. The highest BCUT2D eigenvalue weighted by atomic mass is 79.9. The standard InChI is InChI=1S/C13H20BrNOS/c1-2-17-9-3-8-16-13-5-4-11(6-7-15)10-12(13)14/h4-5,10H,2-3,6-9,15H2,1H3. The van der Waals surface area contributed by atoms with E-state index in [1.807, 2.05) is 17.8 Å². The molecule has 1 rings (SSSR count). The van der Waals surface area contributed by atoms with Crippen LogP contribution in [0.25, 0.3) is 0 Å². The van der Waals surface area contributed by atoms with Crippen molar-refractivity contribution in [2.45, 2.75) is 19.8 Å². The number of hydrogen-bond donors (Lipinski definition) is 1. The summed E-state index contributed by atoms with van der Waals surface area (Å²) in [5, 5.41) is 0. The highest BCUT2D eigenvalue weighted by molar-refractivity contribution is 9.10. The Bertz CT molecular complexity index is 333. The van der Waals surface area contributed by atoms with Gasteiger partial charge in [-0.05, 0) is 64.5 Å². The first kappa shape index (κ1) is 14.9. The van der Waals surface area contributed by atoms with E-state index in [1.165, 1.54) is 17.1 Å². The molecule has 1 aromatic rings. The van der Waals surface area contributed by atoms with Crippen LogP contribution in [0.4, 0.5) is 0 Å². The number of halogens is 1. The van der Waals surface area contributed by atoms with Gasteiger partial charge >= 0.3 is 0 Å². The van der Waals surface area contributed by atoms with Crippen molar-refractivity contribution in [2.24, 2.45) is 5.73 Å². The fourth-order valence-corrected chi connectivity index (χ4v) is 2.62. The van der Waals surface area contributed by atoms with Crippen LogP contribution < -0.4 is 10.5 Å². The summed E-state index contributed by atoms with van der Waals surface area (Å²) < 4.78 is 6.75. The predicted octanol–water partition coefficient (Wildman–Crippen LogP) is 3.47. The van der Waals surface area contributed by atoms with Crippen LogP contribution in [0, 0.1) is 0 Å². The van der Waals surface area contributed by atoms with Crippen LogP contribution in [0.2, 0.25) is 0 Å². The van der Waals surface area contributed by atoms with Crippen LogP contribution in [0.5, 0.6) is 5.75 Å². The first-order valence-electron chi connectivity index (χ1n) is 5.97. The van der Waals surface area contributed by atoms with Crippen LogP contribution in [-0.2, 0) is 6.42 Å². The van der Waals surface area contributed by atoms with Crippen LogP contribution >= 0.6 is 27.7 Å². The van der Waals surface area contributed by atoms with Crippen molar-refractivity contribution in [1.29, 1.82) is 0 Å². The van der Waals surface area contributed by atoms with Gasteiger partial charge < -0.3 is 10.5 Å². The van der Waals surface area contributed by atoms with E-state index in [2.05, 4.69) is 35.0 Å². The van der Waals surface area contributed by atoms with Crippen LogP contribution in [0.1, 0.15) is 18.9 Å². The number of nitrogens with two attached hydrogens (primary N) is 1. The molecule has 0 spiro atoms. The Morgan fingerprint density at radius 3 is 2.88 bits per heavy atom. The van der Waals surface area contributed by atoms with Gasteiger partial charge in [0.1, 0.15) is 5.75 Å². The molecule has 0 amide bonds. The smallest absolute Gasteiger partial charge is 0.133 e. The predicted molar refractivity (Wildman–Crippen MR) is 80.0 cm³/mol. The lowest BCUT2D eigenvalue weighted by Crippen LogP contribution is -2.03. The van der Waals surface area contributed by atoms with Gasteiger partial charge in [-0.25, -0.2) is 0 Å². The van der Waals surface area contributed by atoms with Gasteiger partial charge in [0.15, 0.2) is 0 Å². The first-order chi connectivity index (χ1) is 8.27. The van der Waals surface area contributed by atoms with Crippen molar-refractivity contribution < 1.29 is 4.74 Å². The first-order valence-corrected chi connectivity index (χ1v) is 7.91. The average Bonchev–Trinajstić information content (AvgIpc) is 2.32. The fourth-order valence-electron chi connectivity index (χ4n) is 1.47. The Hall–Kier alpha value is -0.190. The molecule has 0 aromatic heterocycles. The maximum absolute atomic E-state index is 5.73. The van der Waals surface area contributed by atoms with E-state index in [0.717, 1.165) is 29.7 Å². The number of thioether (sulfide) groups is 1. The third-order valence-corrected chi connectivity index (χ3v) is 3.93. The van der Waals surface area contributed by atoms with E-state index in [-0.39, 0.29) is 0 Å². The largest absolute Gasteiger partial charge is 0.492 e. The molecule has 0 heterocycles. The van der Waals surface area contributed by atoms with Gasteiger partial charge in [0.05, 0.1) is 11.1 Å². The van der Waals surface area contributed by atoms with Crippen molar-refractivity contribution in [3.63, 3.8) is 0 Å². The van der Waals surface area contributed by atoms with Crippen molar-refractivity contribution in [3.8, 4) is 5.75 Å². The molecule has 0 saturated heterocycles. The lowest BCUT2D eigenvalue weighted by Gasteiger charge is -2.09. The average molecular weight is 318 g/mol. The normalized spacial score (nSPS) is 10.5. The molecule has 0 aliphatic carbocycles. The van der Waals surface area contributed by atoms with Gasteiger partial charge in [-0.3, -0.25) is 0 Å². The Balaban J connectivity index is 2.38. The SMILES string of the molecule is CCSCCCOc1ccc(CCN)cc1Br. The lowest BCUT2D eigenvalue weighted by atomic mass is 10.1. The molecular formula is C13H20BrNOS. The van der Waals surface area contributed by atoms with Crippen molar-refractivity contribution in [1.82, 2.24) is 0 Å². The Morgan fingerprint density at radius 2 is 2.24 bits per heavy atom. The van der Waals surface area contributed by atoms with Gasteiger partial charge in [0.2, 0.25) is 0 Å². The Labute approximate surface area is 116 Å². The quantitative estimate of drug-likeness (QED) is 0.746. The molecule has 0 unspecified atom stereocenters. The molecule has 0 radical (unpaired) electrons. The number of hydrogen-bond acceptors (Lipinski definition) is 3. The van der Waals surface area contributed by atoms with Gasteiger partial charge in [-0.15, -0.1) is 0 Å². The maximum Gasteiger partial charge on any atom is 0.133 e. The number of rotatable bonds is 8. The van der Waals surface area contributed by atoms with E-state index in [4.69, 9.17) is 10.5 Å². The molecule has 17 heavy (non-hydrogen) atoms. The summed E-state index contributed by atoms with van der Waals surface area (Å²) in [6.45, 7) is 3.64. The zero-order chi connectivity index (χ0) is 12.5. The summed E-state index contributed by atoms with van der Waals surface area (Å²) in [7, 11) is 0. The highest BCUT2D eigenvalue weighted by Gasteiger charge is 2.02. The van der Waals surface area contributed by atoms with E-state index in [9.17, 15) is 0 Å². The van der Waals surface area contributed by atoms with Crippen LogP contribution in [-0.4, -0.2) is 24.7 Å². The highest BCUT2D eigenvalue weighted by Crippen LogP contribution is 2.26. The minimum Gasteiger partial charge on any atom is -0.492 e. The molecule has 0 bridgehead atoms. The summed E-state index contributed by atoms with van der Waals surface area (Å²) in [5.41, 5.74) is 6.77. The molecule has 0 aliphatic rings. The van der Waals surface area contributed by atoms with Crippen LogP contribution in [0.15, 0.2) is 22.7 Å². The van der Waals surface area contributed by atoms with Gasteiger partial charge in [-0.1, -0.05) is 13.0 Å². The fraction of sp³-hybridized carbons (Fsp3) is 0.538. The molecule has 1 aromatic carbocycles. The third-order valence-electron chi connectivity index (χ3n) is 2.32. The van der Waals surface area contributed by atoms with Crippen molar-refractivity contribution >= 4 is 27.7 Å². The monoisotopic (exact) mass is 317 g/mol. The van der Waals surface area contributed by atoms with Crippen molar-refractivity contribution in [3.05, 3.63) is 28.2 Å². The second-order valence-electron chi connectivity index (χ2n) is 3.70. The number of benzene rings is 1.